The minimum atomic E-state index is -0.922. The van der Waals surface area contributed by atoms with E-state index in [0.717, 1.165) is 31.2 Å². The molecule has 0 spiro atoms. The molecule has 1 heterocycles. The van der Waals surface area contributed by atoms with E-state index in [1.807, 2.05) is 6.92 Å². The van der Waals surface area contributed by atoms with E-state index in [1.165, 1.54) is 0 Å². The van der Waals surface area contributed by atoms with Crippen molar-refractivity contribution < 1.29 is 24.2 Å². The van der Waals surface area contributed by atoms with Crippen molar-refractivity contribution in [2.45, 2.75) is 51.1 Å². The number of rotatable bonds is 4. The van der Waals surface area contributed by atoms with Crippen LogP contribution in [0.2, 0.25) is 0 Å². The molecular weight excluding hydrogens is 322 g/mol. The van der Waals surface area contributed by atoms with Crippen molar-refractivity contribution in [3.8, 4) is 11.5 Å². The molecular formula is C19H25NO5. The highest BCUT2D eigenvalue weighted by atomic mass is 16.5. The molecule has 0 radical (unpaired) electrons. The minimum Gasteiger partial charge on any atom is -0.496 e. The number of likely N-dealkylation sites (tertiary alicyclic amines) is 1. The van der Waals surface area contributed by atoms with Crippen molar-refractivity contribution in [3.05, 3.63) is 23.3 Å². The highest BCUT2D eigenvalue weighted by Crippen LogP contribution is 2.41. The maximum atomic E-state index is 13.2. The summed E-state index contributed by atoms with van der Waals surface area (Å²) in [5.74, 6) is 0.239. The first-order valence-electron chi connectivity index (χ1n) is 8.76. The van der Waals surface area contributed by atoms with E-state index >= 15 is 0 Å². The number of hydrogen-bond acceptors (Lipinski definition) is 4. The topological polar surface area (TPSA) is 76.1 Å². The zero-order chi connectivity index (χ0) is 18.1. The predicted octanol–water partition coefficient (Wildman–Crippen LogP) is 2.87. The standard InChI is InChI=1S/C19H25NO5/c1-11-16(24-2)9-13(10-17(11)25-3)18(21)20-14-7-5-4-6-12(14)8-15(20)19(22)23/h9-10,12,14-15H,4-8H2,1-3H3,(H,22,23). The Kier molecular flexibility index (Phi) is 4.88. The van der Waals surface area contributed by atoms with Gasteiger partial charge in [-0.05, 0) is 44.2 Å². The van der Waals surface area contributed by atoms with Gasteiger partial charge >= 0.3 is 5.97 Å². The zero-order valence-electron chi connectivity index (χ0n) is 14.9. The molecule has 136 valence electrons. The lowest BCUT2D eigenvalue weighted by molar-refractivity contribution is -0.141. The van der Waals surface area contributed by atoms with E-state index in [4.69, 9.17) is 9.47 Å². The third-order valence-corrected chi connectivity index (χ3v) is 5.61. The van der Waals surface area contributed by atoms with Gasteiger partial charge in [0.05, 0.1) is 14.2 Å². The molecule has 0 aromatic heterocycles. The van der Waals surface area contributed by atoms with Crippen molar-refractivity contribution in [1.82, 2.24) is 4.90 Å². The van der Waals surface area contributed by atoms with E-state index in [0.29, 0.717) is 23.5 Å². The molecule has 3 rings (SSSR count). The molecule has 3 atom stereocenters. The average Bonchev–Trinajstić information content (AvgIpc) is 3.01. The van der Waals surface area contributed by atoms with Crippen molar-refractivity contribution in [1.29, 1.82) is 0 Å². The van der Waals surface area contributed by atoms with Crippen molar-refractivity contribution in [3.63, 3.8) is 0 Å². The van der Waals surface area contributed by atoms with Crippen LogP contribution in [0, 0.1) is 12.8 Å². The van der Waals surface area contributed by atoms with Gasteiger partial charge in [-0.3, -0.25) is 4.79 Å². The van der Waals surface area contributed by atoms with Gasteiger partial charge in [-0.1, -0.05) is 12.8 Å². The summed E-state index contributed by atoms with van der Waals surface area (Å²) < 4.78 is 10.7. The second-order valence-corrected chi connectivity index (χ2v) is 6.92. The molecule has 6 nitrogen and oxygen atoms in total. The number of nitrogens with zero attached hydrogens (tertiary/aromatic N) is 1. The second kappa shape index (κ2) is 6.94. The number of fused-ring (bicyclic) bond motifs is 1. The molecule has 1 aromatic rings. The van der Waals surface area contributed by atoms with Gasteiger partial charge in [0.15, 0.2) is 0 Å². The molecule has 1 N–H and O–H groups in total. The van der Waals surface area contributed by atoms with E-state index < -0.39 is 12.0 Å². The molecule has 2 fully saturated rings. The number of carbonyl (C=O) groups excluding carboxylic acids is 1. The van der Waals surface area contributed by atoms with Crippen molar-refractivity contribution >= 4 is 11.9 Å². The number of hydrogen-bond donors (Lipinski definition) is 1. The summed E-state index contributed by atoms with van der Waals surface area (Å²) in [6, 6.07) is 2.62. The van der Waals surface area contributed by atoms with Gasteiger partial charge in [-0.2, -0.15) is 0 Å². The Morgan fingerprint density at radius 1 is 1.12 bits per heavy atom. The summed E-state index contributed by atoms with van der Waals surface area (Å²) in [4.78, 5) is 26.6. The third-order valence-electron chi connectivity index (χ3n) is 5.61. The first-order chi connectivity index (χ1) is 12.0. The molecule has 1 saturated carbocycles. The van der Waals surface area contributed by atoms with Gasteiger partial charge in [0.25, 0.3) is 5.91 Å². The summed E-state index contributed by atoms with van der Waals surface area (Å²) in [6.45, 7) is 1.86. The number of carboxylic acid groups (broad SMARTS) is 1. The Hall–Kier alpha value is -2.24. The fourth-order valence-corrected chi connectivity index (χ4v) is 4.33. The predicted molar refractivity (Wildman–Crippen MR) is 92.2 cm³/mol. The maximum Gasteiger partial charge on any atom is 0.326 e. The van der Waals surface area contributed by atoms with Gasteiger partial charge in [0.2, 0.25) is 0 Å². The molecule has 25 heavy (non-hydrogen) atoms. The van der Waals surface area contributed by atoms with Gasteiger partial charge in [-0.25, -0.2) is 4.79 Å². The summed E-state index contributed by atoms with van der Waals surface area (Å²) in [5, 5.41) is 9.63. The fourth-order valence-electron chi connectivity index (χ4n) is 4.33. The van der Waals surface area contributed by atoms with Crippen LogP contribution in [0.15, 0.2) is 12.1 Å². The number of benzene rings is 1. The summed E-state index contributed by atoms with van der Waals surface area (Å²) in [6.07, 6.45) is 4.57. The van der Waals surface area contributed by atoms with E-state index in [-0.39, 0.29) is 17.9 Å². The van der Waals surface area contributed by atoms with Crippen molar-refractivity contribution in [2.24, 2.45) is 5.92 Å². The molecule has 6 heteroatoms. The van der Waals surface area contributed by atoms with Crippen molar-refractivity contribution in [2.75, 3.05) is 14.2 Å². The second-order valence-electron chi connectivity index (χ2n) is 6.92. The largest absolute Gasteiger partial charge is 0.496 e. The van der Waals surface area contributed by atoms with E-state index in [9.17, 15) is 14.7 Å². The first kappa shape index (κ1) is 17.6. The van der Waals surface area contributed by atoms with E-state index in [2.05, 4.69) is 0 Å². The Bertz CT molecular complexity index is 661. The molecule has 0 bridgehead atoms. The van der Waals surface area contributed by atoms with Crippen LogP contribution < -0.4 is 9.47 Å². The molecule has 1 amide bonds. The molecule has 1 saturated heterocycles. The van der Waals surface area contributed by atoms with Gasteiger partial charge in [0.1, 0.15) is 17.5 Å². The Balaban J connectivity index is 1.99. The lowest BCUT2D eigenvalue weighted by Crippen LogP contribution is -2.46. The maximum absolute atomic E-state index is 13.2. The number of amides is 1. The van der Waals surface area contributed by atoms with E-state index in [1.54, 1.807) is 31.3 Å². The highest BCUT2D eigenvalue weighted by molar-refractivity contribution is 5.98. The van der Waals surface area contributed by atoms with Crippen LogP contribution in [0.5, 0.6) is 11.5 Å². The van der Waals surface area contributed by atoms with Crippen LogP contribution in [0.4, 0.5) is 0 Å². The molecule has 3 unspecified atom stereocenters. The number of ether oxygens (including phenoxy) is 2. The lowest BCUT2D eigenvalue weighted by Gasteiger charge is -2.33. The zero-order valence-corrected chi connectivity index (χ0v) is 14.9. The summed E-state index contributed by atoms with van der Waals surface area (Å²) >= 11 is 0. The molecule has 1 aliphatic carbocycles. The lowest BCUT2D eigenvalue weighted by atomic mass is 9.84. The van der Waals surface area contributed by atoms with Gasteiger partial charge < -0.3 is 19.5 Å². The number of aliphatic carboxylic acids is 1. The smallest absolute Gasteiger partial charge is 0.326 e. The van der Waals surface area contributed by atoms with Crippen LogP contribution in [0.1, 0.15) is 48.0 Å². The average molecular weight is 347 g/mol. The Labute approximate surface area is 147 Å². The van der Waals surface area contributed by atoms with Crippen LogP contribution in [0.25, 0.3) is 0 Å². The van der Waals surface area contributed by atoms with Gasteiger partial charge in [0, 0.05) is 17.2 Å². The van der Waals surface area contributed by atoms with Gasteiger partial charge in [-0.15, -0.1) is 0 Å². The van der Waals surface area contributed by atoms with Crippen LogP contribution in [-0.2, 0) is 4.79 Å². The third kappa shape index (κ3) is 3.05. The number of carboxylic acids is 1. The Morgan fingerprint density at radius 2 is 1.72 bits per heavy atom. The number of carbonyl (C=O) groups is 2. The normalized spacial score (nSPS) is 25.4. The fraction of sp³-hybridized carbons (Fsp3) is 0.579. The number of methoxy groups -OCH3 is 2. The summed E-state index contributed by atoms with van der Waals surface area (Å²) in [7, 11) is 3.09. The molecule has 1 aliphatic heterocycles. The molecule has 2 aliphatic rings. The highest BCUT2D eigenvalue weighted by Gasteiger charge is 2.47. The minimum absolute atomic E-state index is 0.0145. The monoisotopic (exact) mass is 347 g/mol. The molecule has 1 aromatic carbocycles. The SMILES string of the molecule is COc1cc(C(=O)N2C(C(=O)O)CC3CCCCC32)cc(OC)c1C. The van der Waals surface area contributed by atoms with Crippen LogP contribution in [-0.4, -0.2) is 48.2 Å². The quantitative estimate of drug-likeness (QED) is 0.906. The van der Waals surface area contributed by atoms with Crippen LogP contribution in [0.3, 0.4) is 0 Å². The first-order valence-corrected chi connectivity index (χ1v) is 8.76. The van der Waals surface area contributed by atoms with Crippen LogP contribution >= 0.6 is 0 Å². The summed E-state index contributed by atoms with van der Waals surface area (Å²) in [5.41, 5.74) is 1.23. The Morgan fingerprint density at radius 3 is 2.28 bits per heavy atom.